The average molecular weight is 295 g/mol. The van der Waals surface area contributed by atoms with E-state index in [1.165, 1.54) is 16.7 Å². The van der Waals surface area contributed by atoms with Gasteiger partial charge in [-0.2, -0.15) is 0 Å². The van der Waals surface area contributed by atoms with Crippen molar-refractivity contribution in [3.05, 3.63) is 34.9 Å². The van der Waals surface area contributed by atoms with Crippen LogP contribution in [0.25, 0.3) is 0 Å². The van der Waals surface area contributed by atoms with Gasteiger partial charge in [0.1, 0.15) is 0 Å². The van der Waals surface area contributed by atoms with E-state index in [0.29, 0.717) is 5.75 Å². The molecule has 114 valence electrons. The van der Waals surface area contributed by atoms with Crippen LogP contribution in [0.5, 0.6) is 0 Å². The van der Waals surface area contributed by atoms with Crippen molar-refractivity contribution in [2.45, 2.75) is 58.8 Å². The second-order valence-corrected chi connectivity index (χ2v) is 7.53. The van der Waals surface area contributed by atoms with Gasteiger partial charge in [-0.25, -0.2) is 0 Å². The third kappa shape index (κ3) is 5.02. The maximum atomic E-state index is 12.4. The molecule has 20 heavy (non-hydrogen) atoms. The summed E-state index contributed by atoms with van der Waals surface area (Å²) in [7, 11) is -0.776. The number of hydrogen-bond acceptors (Lipinski definition) is 2. The summed E-state index contributed by atoms with van der Waals surface area (Å²) in [5.74, 6) is 0.708. The van der Waals surface area contributed by atoms with Crippen LogP contribution < -0.4 is 5.32 Å². The molecule has 0 radical (unpaired) electrons. The van der Waals surface area contributed by atoms with Crippen LogP contribution in [-0.2, 0) is 10.8 Å². The van der Waals surface area contributed by atoms with Gasteiger partial charge in [0.15, 0.2) is 0 Å². The summed E-state index contributed by atoms with van der Waals surface area (Å²) < 4.78 is 12.4. The fourth-order valence-electron chi connectivity index (χ4n) is 2.23. The van der Waals surface area contributed by atoms with Crippen molar-refractivity contribution in [1.29, 1.82) is 0 Å². The molecule has 0 aromatic heterocycles. The zero-order valence-corrected chi connectivity index (χ0v) is 14.3. The largest absolute Gasteiger partial charge is 0.309 e. The van der Waals surface area contributed by atoms with Crippen LogP contribution in [0.3, 0.4) is 0 Å². The van der Waals surface area contributed by atoms with Gasteiger partial charge in [-0.15, -0.1) is 0 Å². The summed E-state index contributed by atoms with van der Waals surface area (Å²) in [6.45, 7) is 11.6. The van der Waals surface area contributed by atoms with Gasteiger partial charge < -0.3 is 5.32 Å². The lowest BCUT2D eigenvalue weighted by molar-refractivity contribution is 0.565. The maximum absolute atomic E-state index is 12.4. The Morgan fingerprint density at radius 1 is 1.25 bits per heavy atom. The van der Waals surface area contributed by atoms with Crippen LogP contribution in [0.2, 0.25) is 0 Å². The molecule has 0 saturated carbocycles. The Morgan fingerprint density at radius 2 is 1.95 bits per heavy atom. The Kier molecular flexibility index (Phi) is 7.46. The lowest BCUT2D eigenvalue weighted by atomic mass is 10.00. The summed E-state index contributed by atoms with van der Waals surface area (Å²) in [5, 5.41) is 3.84. The van der Waals surface area contributed by atoms with Crippen molar-refractivity contribution in [2.75, 3.05) is 12.3 Å². The van der Waals surface area contributed by atoms with Crippen molar-refractivity contribution in [2.24, 2.45) is 0 Å². The first-order chi connectivity index (χ1) is 9.49. The molecule has 3 unspecified atom stereocenters. The Labute approximate surface area is 126 Å². The average Bonchev–Trinajstić information content (AvgIpc) is 2.44. The highest BCUT2D eigenvalue weighted by molar-refractivity contribution is 7.85. The van der Waals surface area contributed by atoms with Gasteiger partial charge in [-0.3, -0.25) is 4.21 Å². The van der Waals surface area contributed by atoms with E-state index in [-0.39, 0.29) is 11.3 Å². The molecule has 0 saturated heterocycles. The zero-order chi connectivity index (χ0) is 15.1. The van der Waals surface area contributed by atoms with Crippen LogP contribution >= 0.6 is 0 Å². The van der Waals surface area contributed by atoms with E-state index >= 15 is 0 Å². The second kappa shape index (κ2) is 8.58. The first-order valence-corrected chi connectivity index (χ1v) is 9.05. The molecule has 0 spiro atoms. The smallest absolute Gasteiger partial charge is 0.0439 e. The predicted octanol–water partition coefficient (Wildman–Crippen LogP) is 3.89. The number of rotatable bonds is 8. The van der Waals surface area contributed by atoms with E-state index in [1.807, 2.05) is 0 Å². The Morgan fingerprint density at radius 3 is 2.55 bits per heavy atom. The lowest BCUT2D eigenvalue weighted by Gasteiger charge is -2.22. The monoisotopic (exact) mass is 295 g/mol. The molecule has 1 rings (SSSR count). The molecule has 2 nitrogen and oxygen atoms in total. The summed E-state index contributed by atoms with van der Waals surface area (Å²) in [6, 6.07) is 6.74. The fraction of sp³-hybridized carbons (Fsp3) is 0.647. The third-order valence-corrected chi connectivity index (χ3v) is 5.70. The molecule has 0 fully saturated rings. The summed E-state index contributed by atoms with van der Waals surface area (Å²) in [4.78, 5) is 0. The van der Waals surface area contributed by atoms with E-state index in [0.717, 1.165) is 19.4 Å². The van der Waals surface area contributed by atoms with Crippen LogP contribution in [0.1, 0.15) is 56.3 Å². The first kappa shape index (κ1) is 17.4. The maximum Gasteiger partial charge on any atom is 0.0439 e. The molecule has 0 heterocycles. The Hall–Kier alpha value is -0.670. The van der Waals surface area contributed by atoms with E-state index in [1.54, 1.807) is 0 Å². The predicted molar refractivity (Wildman–Crippen MR) is 89.7 cm³/mol. The fourth-order valence-corrected chi connectivity index (χ4v) is 3.55. The van der Waals surface area contributed by atoms with Gasteiger partial charge in [0.2, 0.25) is 0 Å². The lowest BCUT2D eigenvalue weighted by Crippen LogP contribution is -2.30. The first-order valence-electron chi connectivity index (χ1n) is 7.67. The molecule has 0 bridgehead atoms. The molecule has 1 N–H and O–H groups in total. The highest BCUT2D eigenvalue weighted by atomic mass is 32.2. The van der Waals surface area contributed by atoms with Crippen molar-refractivity contribution in [3.8, 4) is 0 Å². The van der Waals surface area contributed by atoms with E-state index in [2.05, 4.69) is 58.1 Å². The molecular weight excluding hydrogens is 266 g/mol. The summed E-state index contributed by atoms with van der Waals surface area (Å²) >= 11 is 0. The van der Waals surface area contributed by atoms with Gasteiger partial charge in [-0.05, 0) is 44.4 Å². The van der Waals surface area contributed by atoms with Crippen LogP contribution in [0.15, 0.2) is 18.2 Å². The summed E-state index contributed by atoms with van der Waals surface area (Å²) in [6.07, 6.45) is 2.07. The van der Waals surface area contributed by atoms with E-state index in [9.17, 15) is 4.21 Å². The van der Waals surface area contributed by atoms with Crippen molar-refractivity contribution >= 4 is 10.8 Å². The molecule has 0 aliphatic carbocycles. The molecule has 0 aliphatic rings. The van der Waals surface area contributed by atoms with Crippen molar-refractivity contribution < 1.29 is 4.21 Å². The van der Waals surface area contributed by atoms with E-state index in [4.69, 9.17) is 0 Å². The standard InChI is InChI=1S/C17H29NOS/c1-6-10-18-17(12-20(19)15(5)7-2)16-11-13(3)8-9-14(16)4/h8-9,11,15,17-18H,6-7,10,12H2,1-5H3. The van der Waals surface area contributed by atoms with Gasteiger partial charge in [0.05, 0.1) is 0 Å². The van der Waals surface area contributed by atoms with E-state index < -0.39 is 10.8 Å². The minimum Gasteiger partial charge on any atom is -0.309 e. The number of aryl methyl sites for hydroxylation is 2. The molecule has 0 aliphatic heterocycles. The topological polar surface area (TPSA) is 29.1 Å². The molecule has 1 aromatic rings. The van der Waals surface area contributed by atoms with Gasteiger partial charge in [0.25, 0.3) is 0 Å². The molecule has 3 heteroatoms. The molecule has 3 atom stereocenters. The molecule has 0 amide bonds. The normalized spacial score (nSPS) is 15.8. The second-order valence-electron chi connectivity index (χ2n) is 5.63. The quantitative estimate of drug-likeness (QED) is 0.788. The molecular formula is C17H29NOS. The van der Waals surface area contributed by atoms with Crippen molar-refractivity contribution in [3.63, 3.8) is 0 Å². The van der Waals surface area contributed by atoms with Gasteiger partial charge in [-0.1, -0.05) is 44.5 Å². The highest BCUT2D eigenvalue weighted by Crippen LogP contribution is 2.21. The number of hydrogen-bond donors (Lipinski definition) is 1. The minimum atomic E-state index is -0.776. The van der Waals surface area contributed by atoms with Crippen molar-refractivity contribution in [1.82, 2.24) is 5.32 Å². The van der Waals surface area contributed by atoms with Gasteiger partial charge >= 0.3 is 0 Å². The van der Waals surface area contributed by atoms with Crippen LogP contribution in [0, 0.1) is 13.8 Å². The Bertz CT molecular complexity index is 445. The minimum absolute atomic E-state index is 0.199. The SMILES string of the molecule is CCCNC(CS(=O)C(C)CC)c1cc(C)ccc1C. The van der Waals surface area contributed by atoms with Crippen LogP contribution in [-0.4, -0.2) is 21.8 Å². The molecule has 1 aromatic carbocycles. The number of benzene rings is 1. The zero-order valence-electron chi connectivity index (χ0n) is 13.5. The summed E-state index contributed by atoms with van der Waals surface area (Å²) in [5.41, 5.74) is 3.85. The third-order valence-electron chi connectivity index (χ3n) is 3.81. The van der Waals surface area contributed by atoms with Crippen LogP contribution in [0.4, 0.5) is 0 Å². The number of nitrogens with one attached hydrogen (secondary N) is 1. The van der Waals surface area contributed by atoms with Gasteiger partial charge in [0, 0.05) is 27.8 Å². The highest BCUT2D eigenvalue weighted by Gasteiger charge is 2.19. The Balaban J connectivity index is 2.93.